The highest BCUT2D eigenvalue weighted by Crippen LogP contribution is 2.60. The van der Waals surface area contributed by atoms with Gasteiger partial charge in [-0.15, -0.1) is 0 Å². The van der Waals surface area contributed by atoms with Crippen LogP contribution >= 0.6 is 0 Å². The lowest BCUT2D eigenvalue weighted by molar-refractivity contribution is 0.510. The van der Waals surface area contributed by atoms with Crippen molar-refractivity contribution < 1.29 is 0 Å². The van der Waals surface area contributed by atoms with E-state index in [4.69, 9.17) is 5.73 Å². The van der Waals surface area contributed by atoms with Crippen LogP contribution in [0.2, 0.25) is 0 Å². The Hall–Kier alpha value is -1.28. The predicted octanol–water partition coefficient (Wildman–Crippen LogP) is 2.76. The molecule has 0 spiro atoms. The molecule has 1 saturated carbocycles. The van der Waals surface area contributed by atoms with Crippen molar-refractivity contribution in [3.8, 4) is 0 Å². The van der Waals surface area contributed by atoms with Crippen molar-refractivity contribution in [2.45, 2.75) is 25.8 Å². The number of aromatic nitrogens is 1. The summed E-state index contributed by atoms with van der Waals surface area (Å²) in [6.45, 7) is 4.48. The highest BCUT2D eigenvalue weighted by atomic mass is 14.9. The topological polar surface area (TPSA) is 30.9 Å². The van der Waals surface area contributed by atoms with Gasteiger partial charge in [-0.1, -0.05) is 26.0 Å². The Kier molecular flexibility index (Phi) is 1.67. The summed E-state index contributed by atoms with van der Waals surface area (Å²) in [4.78, 5) is 0. The van der Waals surface area contributed by atoms with E-state index in [9.17, 15) is 0 Å². The maximum absolute atomic E-state index is 6.45. The highest BCUT2D eigenvalue weighted by molar-refractivity contribution is 5.81. The summed E-state index contributed by atoms with van der Waals surface area (Å²) in [5.74, 6) is 0. The van der Waals surface area contributed by atoms with Crippen LogP contribution in [-0.2, 0) is 12.6 Å². The number of benzene rings is 1. The van der Waals surface area contributed by atoms with Crippen molar-refractivity contribution in [1.82, 2.24) is 4.57 Å². The van der Waals surface area contributed by atoms with Crippen LogP contribution in [0.15, 0.2) is 30.5 Å². The first-order valence-electron chi connectivity index (χ1n) is 5.78. The minimum absolute atomic E-state index is 0.120. The molecule has 1 aromatic heterocycles. The number of fused-ring (bicyclic) bond motifs is 1. The molecular weight excluding hydrogens is 196 g/mol. The third-order valence-electron chi connectivity index (χ3n) is 4.21. The molecular formula is C14H18N2. The predicted molar refractivity (Wildman–Crippen MR) is 67.2 cm³/mol. The molecule has 84 valence electrons. The summed E-state index contributed by atoms with van der Waals surface area (Å²) in [6.07, 6.45) is 3.17. The first-order valence-corrected chi connectivity index (χ1v) is 5.78. The zero-order chi connectivity index (χ0) is 11.6. The second kappa shape index (κ2) is 2.69. The Bertz CT molecular complexity index is 565. The molecule has 1 aliphatic carbocycles. The molecule has 2 heteroatoms. The summed E-state index contributed by atoms with van der Waals surface area (Å²) < 4.78 is 2.15. The first kappa shape index (κ1) is 9.91. The SMILES string of the molecule is Cn1ccc2ccc(C3(N)CC3(C)C)cc21. The largest absolute Gasteiger partial charge is 0.351 e. The molecule has 3 rings (SSSR count). The van der Waals surface area contributed by atoms with Crippen molar-refractivity contribution in [2.75, 3.05) is 0 Å². The average molecular weight is 214 g/mol. The Morgan fingerprint density at radius 1 is 1.25 bits per heavy atom. The second-order valence-corrected chi connectivity index (χ2v) is 5.73. The standard InChI is InChI=1S/C14H18N2/c1-13(2)9-14(13,15)11-5-4-10-6-7-16(3)12(10)8-11/h4-8H,9,15H2,1-3H3. The number of hydrogen-bond donors (Lipinski definition) is 1. The fraction of sp³-hybridized carbons (Fsp3) is 0.429. The monoisotopic (exact) mass is 214 g/mol. The van der Waals surface area contributed by atoms with E-state index in [2.05, 4.69) is 55.9 Å². The molecule has 2 aromatic rings. The Labute approximate surface area is 96.1 Å². The number of nitrogens with zero attached hydrogens (tertiary/aromatic N) is 1. The van der Waals surface area contributed by atoms with Gasteiger partial charge in [0.1, 0.15) is 0 Å². The van der Waals surface area contributed by atoms with Gasteiger partial charge in [0.15, 0.2) is 0 Å². The van der Waals surface area contributed by atoms with Gasteiger partial charge in [0.25, 0.3) is 0 Å². The molecule has 0 radical (unpaired) electrons. The van der Waals surface area contributed by atoms with Crippen molar-refractivity contribution in [3.05, 3.63) is 36.0 Å². The van der Waals surface area contributed by atoms with Gasteiger partial charge in [-0.3, -0.25) is 0 Å². The number of aryl methyl sites for hydroxylation is 1. The molecule has 1 aromatic carbocycles. The van der Waals surface area contributed by atoms with Crippen LogP contribution in [0.1, 0.15) is 25.8 Å². The summed E-state index contributed by atoms with van der Waals surface area (Å²) >= 11 is 0. The lowest BCUT2D eigenvalue weighted by atomic mass is 9.96. The van der Waals surface area contributed by atoms with Crippen molar-refractivity contribution in [1.29, 1.82) is 0 Å². The quantitative estimate of drug-likeness (QED) is 0.777. The summed E-state index contributed by atoms with van der Waals surface area (Å²) in [5.41, 5.74) is 9.11. The molecule has 1 unspecified atom stereocenters. The van der Waals surface area contributed by atoms with E-state index in [0.29, 0.717) is 0 Å². The van der Waals surface area contributed by atoms with E-state index in [1.54, 1.807) is 0 Å². The van der Waals surface area contributed by atoms with Crippen LogP contribution in [0, 0.1) is 5.41 Å². The zero-order valence-corrected chi connectivity index (χ0v) is 10.1. The molecule has 0 saturated heterocycles. The average Bonchev–Trinajstić information content (AvgIpc) is 2.57. The minimum Gasteiger partial charge on any atom is -0.351 e. The van der Waals surface area contributed by atoms with E-state index < -0.39 is 0 Å². The summed E-state index contributed by atoms with van der Waals surface area (Å²) in [6, 6.07) is 8.73. The summed E-state index contributed by atoms with van der Waals surface area (Å²) in [5, 5.41) is 1.29. The molecule has 1 heterocycles. The molecule has 0 amide bonds. The highest BCUT2D eigenvalue weighted by Gasteiger charge is 2.59. The number of rotatable bonds is 1. The van der Waals surface area contributed by atoms with E-state index in [1.807, 2.05) is 0 Å². The third-order valence-corrected chi connectivity index (χ3v) is 4.21. The number of nitrogens with two attached hydrogens (primary N) is 1. The van der Waals surface area contributed by atoms with Gasteiger partial charge >= 0.3 is 0 Å². The maximum atomic E-state index is 6.45. The Morgan fingerprint density at radius 2 is 1.94 bits per heavy atom. The van der Waals surface area contributed by atoms with Crippen molar-refractivity contribution >= 4 is 10.9 Å². The fourth-order valence-electron chi connectivity index (χ4n) is 2.69. The molecule has 2 nitrogen and oxygen atoms in total. The van der Waals surface area contributed by atoms with Gasteiger partial charge in [-0.25, -0.2) is 0 Å². The van der Waals surface area contributed by atoms with Gasteiger partial charge in [-0.2, -0.15) is 0 Å². The van der Waals surface area contributed by atoms with E-state index in [1.165, 1.54) is 16.5 Å². The lowest BCUT2D eigenvalue weighted by Gasteiger charge is -2.15. The van der Waals surface area contributed by atoms with Crippen molar-refractivity contribution in [2.24, 2.45) is 18.2 Å². The molecule has 1 aliphatic rings. The van der Waals surface area contributed by atoms with E-state index >= 15 is 0 Å². The minimum atomic E-state index is -0.120. The van der Waals surface area contributed by atoms with Crippen LogP contribution in [0.4, 0.5) is 0 Å². The smallest absolute Gasteiger partial charge is 0.0481 e. The van der Waals surface area contributed by atoms with E-state index in [0.717, 1.165) is 6.42 Å². The van der Waals surface area contributed by atoms with E-state index in [-0.39, 0.29) is 11.0 Å². The molecule has 1 atom stereocenters. The van der Waals surface area contributed by atoms with Crippen LogP contribution in [-0.4, -0.2) is 4.57 Å². The molecule has 1 fully saturated rings. The van der Waals surface area contributed by atoms with Crippen LogP contribution in [0.25, 0.3) is 10.9 Å². The van der Waals surface area contributed by atoms with Gasteiger partial charge in [0, 0.05) is 24.3 Å². The lowest BCUT2D eigenvalue weighted by Crippen LogP contribution is -2.25. The third kappa shape index (κ3) is 1.11. The van der Waals surface area contributed by atoms with Gasteiger partial charge in [-0.05, 0) is 34.9 Å². The van der Waals surface area contributed by atoms with Gasteiger partial charge in [0.05, 0.1) is 0 Å². The molecule has 2 N–H and O–H groups in total. The van der Waals surface area contributed by atoms with Crippen LogP contribution in [0.3, 0.4) is 0 Å². The number of hydrogen-bond acceptors (Lipinski definition) is 1. The zero-order valence-electron chi connectivity index (χ0n) is 10.1. The second-order valence-electron chi connectivity index (χ2n) is 5.73. The normalized spacial score (nSPS) is 27.2. The van der Waals surface area contributed by atoms with Crippen LogP contribution < -0.4 is 5.73 Å². The molecule has 16 heavy (non-hydrogen) atoms. The Morgan fingerprint density at radius 3 is 2.56 bits per heavy atom. The first-order chi connectivity index (χ1) is 7.44. The Balaban J connectivity index is 2.16. The van der Waals surface area contributed by atoms with Gasteiger partial charge in [0.2, 0.25) is 0 Å². The van der Waals surface area contributed by atoms with Crippen molar-refractivity contribution in [3.63, 3.8) is 0 Å². The van der Waals surface area contributed by atoms with Gasteiger partial charge < -0.3 is 10.3 Å². The maximum Gasteiger partial charge on any atom is 0.0481 e. The van der Waals surface area contributed by atoms with Crippen LogP contribution in [0.5, 0.6) is 0 Å². The summed E-state index contributed by atoms with van der Waals surface area (Å²) in [7, 11) is 2.08. The molecule has 0 aliphatic heterocycles. The molecule has 0 bridgehead atoms. The fourth-order valence-corrected chi connectivity index (χ4v) is 2.69.